The van der Waals surface area contributed by atoms with E-state index in [1.165, 1.54) is 24.3 Å². The first kappa shape index (κ1) is 25.0. The van der Waals surface area contributed by atoms with Crippen LogP contribution in [0.2, 0.25) is 5.02 Å². The maximum absolute atomic E-state index is 12.5. The summed E-state index contributed by atoms with van der Waals surface area (Å²) in [5, 5.41) is 15.5. The van der Waals surface area contributed by atoms with Gasteiger partial charge < -0.3 is 25.2 Å². The van der Waals surface area contributed by atoms with Crippen LogP contribution in [0.5, 0.6) is 17.2 Å². The Labute approximate surface area is 191 Å². The van der Waals surface area contributed by atoms with Crippen LogP contribution in [0.3, 0.4) is 0 Å². The summed E-state index contributed by atoms with van der Waals surface area (Å²) in [4.78, 5) is 35.9. The molecule has 0 saturated carbocycles. The van der Waals surface area contributed by atoms with Gasteiger partial charge in [0.25, 0.3) is 5.91 Å². The number of phenolic OH excluding ortho intramolecular Hbond substituents is 1. The van der Waals surface area contributed by atoms with Crippen molar-refractivity contribution in [1.82, 2.24) is 5.32 Å². The highest BCUT2D eigenvalue weighted by molar-refractivity contribution is 6.37. The average Bonchev–Trinajstić information content (AvgIpc) is 2.71. The average molecular weight is 463 g/mol. The van der Waals surface area contributed by atoms with E-state index in [1.54, 1.807) is 19.9 Å². The summed E-state index contributed by atoms with van der Waals surface area (Å²) >= 11 is 6.32. The smallest absolute Gasteiger partial charge is 0.397 e. The van der Waals surface area contributed by atoms with Crippen LogP contribution >= 0.6 is 11.6 Å². The molecule has 0 aliphatic rings. The van der Waals surface area contributed by atoms with Gasteiger partial charge in [-0.3, -0.25) is 9.59 Å². The fourth-order valence-corrected chi connectivity index (χ4v) is 2.95. The number of benzene rings is 2. The number of nitrogens with one attached hydrogen (secondary N) is 2. The minimum Gasteiger partial charge on any atom is -0.507 e. The highest BCUT2D eigenvalue weighted by atomic mass is 35.5. The summed E-state index contributed by atoms with van der Waals surface area (Å²) in [7, 11) is 0. The summed E-state index contributed by atoms with van der Waals surface area (Å²) in [5.74, 6) is -1.69. The number of ether oxygens (including phenoxy) is 2. The molecule has 0 aromatic heterocycles. The molecule has 0 saturated heterocycles. The van der Waals surface area contributed by atoms with Gasteiger partial charge in [0.2, 0.25) is 0 Å². The molecule has 0 aliphatic heterocycles. The van der Waals surface area contributed by atoms with Crippen LogP contribution in [-0.4, -0.2) is 35.5 Å². The van der Waals surface area contributed by atoms with Gasteiger partial charge in [-0.2, -0.15) is 0 Å². The number of aromatic hydroxyl groups is 1. The molecule has 2 rings (SSSR count). The summed E-state index contributed by atoms with van der Waals surface area (Å²) in [6.07, 6.45) is 0. The third-order valence-electron chi connectivity index (χ3n) is 4.74. The molecule has 2 amide bonds. The van der Waals surface area contributed by atoms with Crippen molar-refractivity contribution in [2.24, 2.45) is 5.92 Å². The molecular formula is C23H27ClN2O6. The molecule has 2 aromatic carbocycles. The molecule has 0 bridgehead atoms. The number of amides is 2. The summed E-state index contributed by atoms with van der Waals surface area (Å²) in [5.41, 5.74) is 0.942. The Morgan fingerprint density at radius 1 is 1.12 bits per heavy atom. The minimum atomic E-state index is -0.997. The fraction of sp³-hybridized carbons (Fsp3) is 0.348. The van der Waals surface area contributed by atoms with Crippen LogP contribution in [0.15, 0.2) is 30.3 Å². The molecule has 32 heavy (non-hydrogen) atoms. The van der Waals surface area contributed by atoms with Gasteiger partial charge in [0.15, 0.2) is 0 Å². The van der Waals surface area contributed by atoms with Gasteiger partial charge in [-0.25, -0.2) is 4.79 Å². The first-order valence-electron chi connectivity index (χ1n) is 10.1. The van der Waals surface area contributed by atoms with E-state index in [-0.39, 0.29) is 34.9 Å². The number of halogens is 1. The van der Waals surface area contributed by atoms with Crippen molar-refractivity contribution in [3.8, 4) is 17.2 Å². The number of phenols is 1. The maximum Gasteiger partial charge on any atom is 0.397 e. The summed E-state index contributed by atoms with van der Waals surface area (Å²) in [6, 6.07) is 7.21. The van der Waals surface area contributed by atoms with Crippen LogP contribution in [0.25, 0.3) is 0 Å². The van der Waals surface area contributed by atoms with Crippen molar-refractivity contribution in [2.75, 3.05) is 11.9 Å². The number of aryl methyl sites for hydroxylation is 1. The van der Waals surface area contributed by atoms with Crippen molar-refractivity contribution >= 4 is 35.1 Å². The molecule has 1 atom stereocenters. The monoisotopic (exact) mass is 462 g/mol. The Kier molecular flexibility index (Phi) is 8.48. The Hall–Kier alpha value is -3.26. The minimum absolute atomic E-state index is 0.0714. The lowest BCUT2D eigenvalue weighted by Gasteiger charge is -2.18. The van der Waals surface area contributed by atoms with Crippen molar-refractivity contribution in [2.45, 2.75) is 40.7 Å². The van der Waals surface area contributed by atoms with E-state index in [0.717, 1.165) is 0 Å². The topological polar surface area (TPSA) is 114 Å². The molecule has 0 spiro atoms. The van der Waals surface area contributed by atoms with E-state index in [1.807, 2.05) is 20.8 Å². The van der Waals surface area contributed by atoms with Gasteiger partial charge in [0.1, 0.15) is 17.2 Å². The second-order valence-corrected chi connectivity index (χ2v) is 7.97. The number of anilines is 1. The SMILES string of the molecule is CCOC(=O)C(=O)Nc1cc(C)c(Oc2ccc(O)c(C(=O)NC(C)C(C)C)c2)c(Cl)c1. The zero-order valence-electron chi connectivity index (χ0n) is 18.6. The van der Waals surface area contributed by atoms with Crippen molar-refractivity contribution in [3.63, 3.8) is 0 Å². The normalized spacial score (nSPS) is 11.6. The molecule has 9 heteroatoms. The van der Waals surface area contributed by atoms with E-state index in [4.69, 9.17) is 16.3 Å². The quantitative estimate of drug-likeness (QED) is 0.414. The van der Waals surface area contributed by atoms with Gasteiger partial charge in [0.05, 0.1) is 17.2 Å². The van der Waals surface area contributed by atoms with E-state index in [9.17, 15) is 19.5 Å². The highest BCUT2D eigenvalue weighted by Crippen LogP contribution is 2.36. The number of carbonyl (C=O) groups is 3. The third-order valence-corrected chi connectivity index (χ3v) is 5.02. The van der Waals surface area contributed by atoms with Crippen LogP contribution < -0.4 is 15.4 Å². The second kappa shape index (κ2) is 10.9. The van der Waals surface area contributed by atoms with E-state index < -0.39 is 17.8 Å². The number of hydrogen-bond acceptors (Lipinski definition) is 6. The lowest BCUT2D eigenvalue weighted by atomic mass is 10.1. The van der Waals surface area contributed by atoms with Crippen LogP contribution in [0.1, 0.15) is 43.6 Å². The van der Waals surface area contributed by atoms with Crippen LogP contribution in [0, 0.1) is 12.8 Å². The van der Waals surface area contributed by atoms with Crippen molar-refractivity contribution in [1.29, 1.82) is 0 Å². The van der Waals surface area contributed by atoms with Gasteiger partial charge in [0, 0.05) is 11.7 Å². The molecule has 0 heterocycles. The first-order valence-corrected chi connectivity index (χ1v) is 10.5. The fourth-order valence-electron chi connectivity index (χ4n) is 2.64. The number of rotatable bonds is 7. The number of hydrogen-bond donors (Lipinski definition) is 3. The van der Waals surface area contributed by atoms with Gasteiger partial charge in [-0.15, -0.1) is 0 Å². The molecule has 0 radical (unpaired) electrons. The molecule has 172 valence electrons. The molecule has 2 aromatic rings. The summed E-state index contributed by atoms with van der Waals surface area (Å²) < 4.78 is 10.5. The number of esters is 1. The molecule has 3 N–H and O–H groups in total. The second-order valence-electron chi connectivity index (χ2n) is 7.57. The zero-order chi connectivity index (χ0) is 24.0. The Bertz CT molecular complexity index is 999. The van der Waals surface area contributed by atoms with Crippen molar-refractivity contribution in [3.05, 3.63) is 46.5 Å². The predicted octanol–water partition coefficient (Wildman–Crippen LogP) is 4.42. The highest BCUT2D eigenvalue weighted by Gasteiger charge is 2.19. The van der Waals surface area contributed by atoms with Gasteiger partial charge in [-0.05, 0) is 62.6 Å². The van der Waals surface area contributed by atoms with E-state index >= 15 is 0 Å². The third kappa shape index (κ3) is 6.37. The molecule has 0 fully saturated rings. The number of carbonyl (C=O) groups excluding carboxylic acids is 3. The van der Waals surface area contributed by atoms with Crippen LogP contribution in [-0.2, 0) is 14.3 Å². The summed E-state index contributed by atoms with van der Waals surface area (Å²) in [6.45, 7) is 9.23. The maximum atomic E-state index is 12.5. The molecule has 1 unspecified atom stereocenters. The predicted molar refractivity (Wildman–Crippen MR) is 121 cm³/mol. The lowest BCUT2D eigenvalue weighted by molar-refractivity contribution is -0.152. The first-order chi connectivity index (χ1) is 15.0. The molecular weight excluding hydrogens is 436 g/mol. The lowest BCUT2D eigenvalue weighted by Crippen LogP contribution is -2.36. The Balaban J connectivity index is 2.23. The van der Waals surface area contributed by atoms with Gasteiger partial charge in [-0.1, -0.05) is 25.4 Å². The standard InChI is InChI=1S/C23H27ClN2O6/c1-6-31-23(30)22(29)26-15-9-13(4)20(18(24)10-15)32-16-7-8-19(27)17(11-16)21(28)25-14(5)12(2)3/h7-12,14,27H,6H2,1-5H3,(H,25,28)(H,26,29). The molecule has 0 aliphatic carbocycles. The van der Waals surface area contributed by atoms with Gasteiger partial charge >= 0.3 is 11.9 Å². The largest absolute Gasteiger partial charge is 0.507 e. The van der Waals surface area contributed by atoms with E-state index in [2.05, 4.69) is 15.4 Å². The van der Waals surface area contributed by atoms with E-state index in [0.29, 0.717) is 22.7 Å². The molecule has 8 nitrogen and oxygen atoms in total. The Morgan fingerprint density at radius 2 is 1.81 bits per heavy atom. The van der Waals surface area contributed by atoms with Crippen LogP contribution in [0.4, 0.5) is 5.69 Å². The Morgan fingerprint density at radius 3 is 2.41 bits per heavy atom. The van der Waals surface area contributed by atoms with Crippen molar-refractivity contribution < 1.29 is 29.0 Å². The zero-order valence-corrected chi connectivity index (χ0v) is 19.4.